The van der Waals surface area contributed by atoms with Gasteiger partial charge in [0, 0.05) is 5.57 Å². The fourth-order valence-electron chi connectivity index (χ4n) is 1.48. The lowest BCUT2D eigenvalue weighted by molar-refractivity contribution is -0.117. The molecule has 0 atom stereocenters. The van der Waals surface area contributed by atoms with Gasteiger partial charge in [-0.05, 0) is 28.1 Å². The van der Waals surface area contributed by atoms with Crippen LogP contribution in [0.2, 0.25) is 0 Å². The second-order valence-electron chi connectivity index (χ2n) is 3.63. The molecular weight excluding hydrogens is 314 g/mol. The van der Waals surface area contributed by atoms with Crippen molar-refractivity contribution < 1.29 is 14.3 Å². The summed E-state index contributed by atoms with van der Waals surface area (Å²) in [5.74, 6) is 0.192. The lowest BCUT2D eigenvalue weighted by Gasteiger charge is -2.10. The second-order valence-corrected chi connectivity index (χ2v) is 4.44. The highest BCUT2D eigenvalue weighted by Crippen LogP contribution is 2.16. The lowest BCUT2D eigenvalue weighted by Crippen LogP contribution is -2.25. The van der Waals surface area contributed by atoms with Crippen molar-refractivity contribution >= 4 is 21.8 Å². The molecule has 0 fully saturated rings. The molecule has 0 spiro atoms. The van der Waals surface area contributed by atoms with E-state index in [2.05, 4.69) is 31.2 Å². The van der Waals surface area contributed by atoms with Crippen molar-refractivity contribution in [1.29, 1.82) is 0 Å². The third kappa shape index (κ3) is 3.54. The van der Waals surface area contributed by atoms with E-state index in [9.17, 15) is 4.79 Å². The van der Waals surface area contributed by atoms with E-state index in [0.29, 0.717) is 28.4 Å². The summed E-state index contributed by atoms with van der Waals surface area (Å²) in [4.78, 5) is 20.1. The monoisotopic (exact) mass is 325 g/mol. The maximum absolute atomic E-state index is 11.9. The van der Waals surface area contributed by atoms with Crippen molar-refractivity contribution in [2.75, 3.05) is 13.7 Å². The van der Waals surface area contributed by atoms with Crippen molar-refractivity contribution in [2.45, 2.75) is 6.54 Å². The van der Waals surface area contributed by atoms with Gasteiger partial charge in [0.05, 0.1) is 26.1 Å². The first kappa shape index (κ1) is 13.5. The van der Waals surface area contributed by atoms with Gasteiger partial charge in [-0.1, -0.05) is 0 Å². The first-order valence-electron chi connectivity index (χ1n) is 5.52. The summed E-state index contributed by atoms with van der Waals surface area (Å²) in [5.41, 5.74) is 1.13. The molecule has 0 aromatic carbocycles. The van der Waals surface area contributed by atoms with Gasteiger partial charge in [0.25, 0.3) is 5.91 Å². The smallest absolute Gasteiger partial charge is 0.251 e. The Morgan fingerprint density at radius 1 is 1.63 bits per heavy atom. The standard InChI is InChI=1S/C12H12BrN3O3/c1-18-12-9(14-7-10(13)16-12)6-15-11(17)8-2-4-19-5-3-8/h2-4,7H,5-6H2,1H3,(H,15,17). The molecule has 1 N–H and O–H groups in total. The third-order valence-electron chi connectivity index (χ3n) is 2.40. The van der Waals surface area contributed by atoms with Crippen LogP contribution in [0, 0.1) is 0 Å². The molecule has 0 saturated heterocycles. The Labute approximate surface area is 118 Å². The van der Waals surface area contributed by atoms with Gasteiger partial charge in [-0.15, -0.1) is 0 Å². The van der Waals surface area contributed by atoms with Crippen LogP contribution >= 0.6 is 15.9 Å². The van der Waals surface area contributed by atoms with E-state index in [0.717, 1.165) is 0 Å². The zero-order valence-corrected chi connectivity index (χ0v) is 11.8. The number of hydrogen-bond donors (Lipinski definition) is 1. The highest BCUT2D eigenvalue weighted by molar-refractivity contribution is 9.10. The molecular formula is C12H12BrN3O3. The predicted molar refractivity (Wildman–Crippen MR) is 71.3 cm³/mol. The fourth-order valence-corrected chi connectivity index (χ4v) is 1.74. The van der Waals surface area contributed by atoms with Crippen LogP contribution in [-0.4, -0.2) is 29.6 Å². The molecule has 1 amide bonds. The largest absolute Gasteiger partial charge is 0.497 e. The Kier molecular flexibility index (Phi) is 4.51. The molecule has 1 aliphatic rings. The first-order chi connectivity index (χ1) is 9.20. The molecule has 1 aromatic heterocycles. The van der Waals surface area contributed by atoms with Crippen molar-refractivity contribution in [3.05, 3.63) is 40.5 Å². The minimum atomic E-state index is -0.189. The van der Waals surface area contributed by atoms with Gasteiger partial charge in [-0.3, -0.25) is 9.78 Å². The molecule has 1 aliphatic heterocycles. The number of methoxy groups -OCH3 is 1. The normalized spacial score (nSPS) is 13.5. The Morgan fingerprint density at radius 3 is 3.16 bits per heavy atom. The molecule has 100 valence electrons. The first-order valence-corrected chi connectivity index (χ1v) is 6.32. The van der Waals surface area contributed by atoms with Crippen LogP contribution in [0.5, 0.6) is 5.88 Å². The predicted octanol–water partition coefficient (Wildman–Crippen LogP) is 1.33. The zero-order valence-electron chi connectivity index (χ0n) is 10.2. The summed E-state index contributed by atoms with van der Waals surface area (Å²) in [6.45, 7) is 0.648. The molecule has 0 radical (unpaired) electrons. The molecule has 1 aromatic rings. The minimum Gasteiger partial charge on any atom is -0.497 e. The molecule has 7 heteroatoms. The van der Waals surface area contributed by atoms with E-state index in [1.807, 2.05) is 0 Å². The highest BCUT2D eigenvalue weighted by atomic mass is 79.9. The van der Waals surface area contributed by atoms with Crippen LogP contribution in [0.4, 0.5) is 0 Å². The molecule has 0 unspecified atom stereocenters. The Hall–Kier alpha value is -1.89. The van der Waals surface area contributed by atoms with E-state index < -0.39 is 0 Å². The SMILES string of the molecule is COc1nc(Br)cnc1CNC(=O)C1=CCOC=C1. The molecule has 2 rings (SSSR count). The van der Waals surface area contributed by atoms with Crippen LogP contribution in [0.25, 0.3) is 0 Å². The fraction of sp³-hybridized carbons (Fsp3) is 0.250. The average Bonchev–Trinajstić information content (AvgIpc) is 2.46. The lowest BCUT2D eigenvalue weighted by atomic mass is 10.2. The Bertz CT molecular complexity index is 543. The van der Waals surface area contributed by atoms with E-state index in [1.165, 1.54) is 13.4 Å². The molecule has 19 heavy (non-hydrogen) atoms. The molecule has 0 bridgehead atoms. The molecule has 0 aliphatic carbocycles. The van der Waals surface area contributed by atoms with Crippen molar-refractivity contribution in [1.82, 2.24) is 15.3 Å². The van der Waals surface area contributed by atoms with E-state index in [1.54, 1.807) is 18.3 Å². The summed E-state index contributed by atoms with van der Waals surface area (Å²) in [7, 11) is 1.51. The topological polar surface area (TPSA) is 73.3 Å². The van der Waals surface area contributed by atoms with Gasteiger partial charge in [0.1, 0.15) is 16.9 Å². The summed E-state index contributed by atoms with van der Waals surface area (Å²) in [6, 6.07) is 0. The number of carbonyl (C=O) groups excluding carboxylic acids is 1. The third-order valence-corrected chi connectivity index (χ3v) is 2.78. The number of halogens is 1. The van der Waals surface area contributed by atoms with Crippen molar-refractivity contribution in [2.24, 2.45) is 0 Å². The number of hydrogen-bond acceptors (Lipinski definition) is 5. The van der Waals surface area contributed by atoms with E-state index in [4.69, 9.17) is 9.47 Å². The Balaban J connectivity index is 2.00. The van der Waals surface area contributed by atoms with Gasteiger partial charge in [-0.25, -0.2) is 4.98 Å². The highest BCUT2D eigenvalue weighted by Gasteiger charge is 2.12. The maximum Gasteiger partial charge on any atom is 0.251 e. The average molecular weight is 326 g/mol. The quantitative estimate of drug-likeness (QED) is 0.904. The number of amides is 1. The number of carbonyl (C=O) groups is 1. The van der Waals surface area contributed by atoms with Crippen LogP contribution in [0.1, 0.15) is 5.69 Å². The zero-order chi connectivity index (χ0) is 13.7. The van der Waals surface area contributed by atoms with Crippen molar-refractivity contribution in [3.8, 4) is 5.88 Å². The van der Waals surface area contributed by atoms with Crippen LogP contribution in [0.3, 0.4) is 0 Å². The van der Waals surface area contributed by atoms with Gasteiger partial charge in [-0.2, -0.15) is 0 Å². The summed E-state index contributed by atoms with van der Waals surface area (Å²) >= 11 is 3.21. The summed E-state index contributed by atoms with van der Waals surface area (Å²) in [6.07, 6.45) is 6.37. The van der Waals surface area contributed by atoms with Gasteiger partial charge >= 0.3 is 0 Å². The summed E-state index contributed by atoms with van der Waals surface area (Å²) in [5, 5.41) is 2.75. The Morgan fingerprint density at radius 2 is 2.47 bits per heavy atom. The van der Waals surface area contributed by atoms with Crippen molar-refractivity contribution in [3.63, 3.8) is 0 Å². The number of nitrogens with zero attached hydrogens (tertiary/aromatic N) is 2. The van der Waals surface area contributed by atoms with Crippen LogP contribution < -0.4 is 10.1 Å². The van der Waals surface area contributed by atoms with Gasteiger partial charge in [0.2, 0.25) is 5.88 Å². The summed E-state index contributed by atoms with van der Waals surface area (Å²) < 4.78 is 10.7. The molecule has 2 heterocycles. The number of ether oxygens (including phenoxy) is 2. The van der Waals surface area contributed by atoms with Crippen LogP contribution in [-0.2, 0) is 16.1 Å². The molecule has 0 saturated carbocycles. The minimum absolute atomic E-state index is 0.189. The van der Waals surface area contributed by atoms with E-state index >= 15 is 0 Å². The number of rotatable bonds is 4. The number of aromatic nitrogens is 2. The van der Waals surface area contributed by atoms with E-state index in [-0.39, 0.29) is 12.5 Å². The van der Waals surface area contributed by atoms with Gasteiger partial charge in [0.15, 0.2) is 0 Å². The maximum atomic E-state index is 11.9. The molecule has 6 nitrogen and oxygen atoms in total. The second kappa shape index (κ2) is 6.33. The van der Waals surface area contributed by atoms with Crippen LogP contribution in [0.15, 0.2) is 34.8 Å². The van der Waals surface area contributed by atoms with Gasteiger partial charge < -0.3 is 14.8 Å². The number of nitrogens with one attached hydrogen (secondary N) is 1.